The Morgan fingerprint density at radius 1 is 0.889 bits per heavy atom. The fraction of sp³-hybridized carbons (Fsp3) is 0.379. The summed E-state index contributed by atoms with van der Waals surface area (Å²) >= 11 is 0. The lowest BCUT2D eigenvalue weighted by Gasteiger charge is -2.21. The highest BCUT2D eigenvalue weighted by Gasteiger charge is 2.59. The van der Waals surface area contributed by atoms with E-state index in [-0.39, 0.29) is 54.4 Å². The Kier molecular flexibility index (Phi) is 5.14. The topological polar surface area (TPSA) is 84.0 Å². The molecule has 2 aliphatic carbocycles. The fourth-order valence-electron chi connectivity index (χ4n) is 6.59. The molecular weight excluding hydrogens is 456 g/mol. The van der Waals surface area contributed by atoms with Crippen LogP contribution < -0.4 is 14.5 Å². The number of fused-ring (bicyclic) bond motifs is 5. The first-order chi connectivity index (χ1) is 17.2. The van der Waals surface area contributed by atoms with Gasteiger partial charge in [0, 0.05) is 18.7 Å². The first-order valence-electron chi connectivity index (χ1n) is 12.5. The van der Waals surface area contributed by atoms with Crippen LogP contribution in [0.25, 0.3) is 0 Å². The van der Waals surface area contributed by atoms with E-state index >= 15 is 0 Å². The van der Waals surface area contributed by atoms with Gasteiger partial charge in [-0.2, -0.15) is 0 Å². The van der Waals surface area contributed by atoms with Crippen molar-refractivity contribution in [1.29, 1.82) is 0 Å². The van der Waals surface area contributed by atoms with E-state index in [2.05, 4.69) is 12.2 Å². The van der Waals surface area contributed by atoms with E-state index in [1.807, 2.05) is 32.0 Å². The van der Waals surface area contributed by atoms with Gasteiger partial charge in [-0.3, -0.25) is 19.2 Å². The van der Waals surface area contributed by atoms with Crippen molar-refractivity contribution >= 4 is 35.1 Å². The summed E-state index contributed by atoms with van der Waals surface area (Å²) in [6, 6.07) is 10.8. The fourth-order valence-corrected chi connectivity index (χ4v) is 6.59. The first-order valence-corrected chi connectivity index (χ1v) is 12.5. The number of hydrogen-bond donors (Lipinski definition) is 0. The summed E-state index contributed by atoms with van der Waals surface area (Å²) in [7, 11) is 0. The van der Waals surface area contributed by atoms with E-state index in [0.717, 1.165) is 23.2 Å². The molecule has 2 aromatic rings. The van der Waals surface area contributed by atoms with Crippen LogP contribution in [-0.4, -0.2) is 30.2 Å². The number of nitrogens with zero attached hydrogens (tertiary/aromatic N) is 2. The molecule has 184 valence electrons. The molecule has 2 heterocycles. The summed E-state index contributed by atoms with van der Waals surface area (Å²) in [4.78, 5) is 55.0. The van der Waals surface area contributed by atoms with Gasteiger partial charge in [-0.25, -0.2) is 4.90 Å². The zero-order chi connectivity index (χ0) is 25.3. The molecule has 0 N–H and O–H groups in total. The number of aryl methyl sites for hydroxylation is 3. The number of anilines is 2. The number of esters is 1. The van der Waals surface area contributed by atoms with E-state index in [9.17, 15) is 19.2 Å². The third-order valence-electron chi connectivity index (χ3n) is 8.27. The lowest BCUT2D eigenvalue weighted by Crippen LogP contribution is -2.33. The summed E-state index contributed by atoms with van der Waals surface area (Å²) in [6.45, 7) is 5.98. The standard InChI is InChI=1S/C29H28N2O5/c1-15-5-4-6-16(2)26(15)30-14-20(13-23(30)32)29(35)36-21-9-10-22(17(3)11-21)31-27(33)24-18-7-8-19(12-18)25(24)28(31)34/h4-11,18-20,24-25H,12-14H2,1-3H3/t18-,19-,20+,24-,25-/m0/s1. The number of carbonyl (C=O) groups is 4. The van der Waals surface area contributed by atoms with Gasteiger partial charge in [-0.1, -0.05) is 30.4 Å². The van der Waals surface area contributed by atoms with Crippen molar-refractivity contribution in [3.8, 4) is 5.75 Å². The zero-order valence-corrected chi connectivity index (χ0v) is 20.6. The molecule has 2 aliphatic heterocycles. The molecular formula is C29H28N2O5. The van der Waals surface area contributed by atoms with Crippen LogP contribution in [0.5, 0.6) is 5.75 Å². The Morgan fingerprint density at radius 2 is 1.53 bits per heavy atom. The Bertz CT molecular complexity index is 1310. The molecule has 0 aromatic heterocycles. The molecule has 5 atom stereocenters. The molecule has 2 saturated heterocycles. The van der Waals surface area contributed by atoms with Crippen LogP contribution in [0.2, 0.25) is 0 Å². The van der Waals surface area contributed by atoms with Crippen molar-refractivity contribution < 1.29 is 23.9 Å². The molecule has 0 spiro atoms. The van der Waals surface area contributed by atoms with E-state index in [1.165, 1.54) is 4.90 Å². The average Bonchev–Trinajstić information content (AvgIpc) is 3.59. The van der Waals surface area contributed by atoms with Crippen molar-refractivity contribution in [3.05, 3.63) is 65.2 Å². The second-order valence-corrected chi connectivity index (χ2v) is 10.5. The second-order valence-electron chi connectivity index (χ2n) is 10.5. The van der Waals surface area contributed by atoms with E-state index < -0.39 is 11.9 Å². The highest BCUT2D eigenvalue weighted by atomic mass is 16.5. The Morgan fingerprint density at radius 3 is 2.14 bits per heavy atom. The highest BCUT2D eigenvalue weighted by Crippen LogP contribution is 2.53. The molecule has 3 amide bonds. The maximum Gasteiger partial charge on any atom is 0.316 e. The van der Waals surface area contributed by atoms with Gasteiger partial charge in [0.2, 0.25) is 17.7 Å². The van der Waals surface area contributed by atoms with Crippen LogP contribution in [0.15, 0.2) is 48.6 Å². The SMILES string of the molecule is Cc1cc(OC(=O)[C@@H]2CC(=O)N(c3c(C)cccc3C)C2)ccc1N1C(=O)[C@@H]2[C@@H](C1=O)[C@H]1C=C[C@H]2C1. The smallest absolute Gasteiger partial charge is 0.316 e. The lowest BCUT2D eigenvalue weighted by atomic mass is 9.85. The van der Waals surface area contributed by atoms with Crippen molar-refractivity contribution in [2.75, 3.05) is 16.3 Å². The van der Waals surface area contributed by atoms with Crippen LogP contribution in [0.3, 0.4) is 0 Å². The minimum Gasteiger partial charge on any atom is -0.426 e. The van der Waals surface area contributed by atoms with Crippen molar-refractivity contribution in [2.24, 2.45) is 29.6 Å². The Labute approximate surface area is 209 Å². The predicted molar refractivity (Wildman–Crippen MR) is 133 cm³/mol. The number of para-hydroxylation sites is 1. The summed E-state index contributed by atoms with van der Waals surface area (Å²) in [5, 5.41) is 0. The molecule has 0 unspecified atom stereocenters. The van der Waals surface area contributed by atoms with Gasteiger partial charge in [0.1, 0.15) is 5.75 Å². The van der Waals surface area contributed by atoms with Gasteiger partial charge in [0.05, 0.1) is 23.4 Å². The summed E-state index contributed by atoms with van der Waals surface area (Å²) in [5.41, 5.74) is 4.05. The van der Waals surface area contributed by atoms with Crippen LogP contribution in [0.1, 0.15) is 29.5 Å². The number of allylic oxidation sites excluding steroid dienone is 2. The van der Waals surface area contributed by atoms with Gasteiger partial charge < -0.3 is 9.64 Å². The van der Waals surface area contributed by atoms with Crippen LogP contribution >= 0.6 is 0 Å². The number of carbonyl (C=O) groups excluding carboxylic acids is 4. The third kappa shape index (κ3) is 3.33. The molecule has 36 heavy (non-hydrogen) atoms. The molecule has 2 aromatic carbocycles. The first kappa shape index (κ1) is 22.7. The summed E-state index contributed by atoms with van der Waals surface area (Å²) in [6.07, 6.45) is 5.13. The Hall–Kier alpha value is -3.74. The molecule has 3 fully saturated rings. The minimum absolute atomic E-state index is 0.0964. The summed E-state index contributed by atoms with van der Waals surface area (Å²) in [5.74, 6) is -1.28. The normalized spacial score (nSPS) is 28.4. The highest BCUT2D eigenvalue weighted by molar-refractivity contribution is 6.23. The zero-order valence-electron chi connectivity index (χ0n) is 20.6. The number of ether oxygens (including phenoxy) is 1. The molecule has 6 rings (SSSR count). The lowest BCUT2D eigenvalue weighted by molar-refractivity contribution is -0.139. The number of benzene rings is 2. The van der Waals surface area contributed by atoms with Crippen molar-refractivity contribution in [2.45, 2.75) is 33.6 Å². The molecule has 7 heteroatoms. The van der Waals surface area contributed by atoms with E-state index in [0.29, 0.717) is 17.0 Å². The number of rotatable bonds is 4. The molecule has 7 nitrogen and oxygen atoms in total. The minimum atomic E-state index is -0.569. The van der Waals surface area contributed by atoms with Gasteiger partial charge in [-0.15, -0.1) is 0 Å². The third-order valence-corrected chi connectivity index (χ3v) is 8.27. The van der Waals surface area contributed by atoms with Gasteiger partial charge >= 0.3 is 5.97 Å². The second kappa shape index (κ2) is 8.15. The maximum atomic E-state index is 13.2. The van der Waals surface area contributed by atoms with Gasteiger partial charge in [-0.05, 0) is 73.9 Å². The van der Waals surface area contributed by atoms with Crippen LogP contribution in [0, 0.1) is 50.4 Å². The molecule has 4 aliphatic rings. The van der Waals surface area contributed by atoms with Crippen molar-refractivity contribution in [1.82, 2.24) is 0 Å². The number of imide groups is 1. The Balaban J connectivity index is 1.17. The monoisotopic (exact) mass is 484 g/mol. The maximum absolute atomic E-state index is 13.2. The molecule has 1 saturated carbocycles. The van der Waals surface area contributed by atoms with Crippen LogP contribution in [-0.2, 0) is 19.2 Å². The van der Waals surface area contributed by atoms with E-state index in [1.54, 1.807) is 30.0 Å². The van der Waals surface area contributed by atoms with Crippen molar-refractivity contribution in [3.63, 3.8) is 0 Å². The quantitative estimate of drug-likeness (QED) is 0.285. The van der Waals surface area contributed by atoms with Crippen LogP contribution in [0.4, 0.5) is 11.4 Å². The van der Waals surface area contributed by atoms with Gasteiger partial charge in [0.15, 0.2) is 0 Å². The van der Waals surface area contributed by atoms with E-state index in [4.69, 9.17) is 4.74 Å². The molecule has 0 radical (unpaired) electrons. The average molecular weight is 485 g/mol. The predicted octanol–water partition coefficient (Wildman–Crippen LogP) is 3.88. The summed E-state index contributed by atoms with van der Waals surface area (Å²) < 4.78 is 5.65. The molecule has 2 bridgehead atoms. The largest absolute Gasteiger partial charge is 0.426 e. The van der Waals surface area contributed by atoms with Gasteiger partial charge in [0.25, 0.3) is 0 Å². The number of hydrogen-bond acceptors (Lipinski definition) is 5. The number of amides is 3.